The third kappa shape index (κ3) is 4.15. The molecule has 0 radical (unpaired) electrons. The van der Waals surface area contributed by atoms with E-state index in [0.29, 0.717) is 16.5 Å². The number of nitrogens with one attached hydrogen (secondary N) is 1. The number of carbonyl (C=O) groups is 1. The van der Waals surface area contributed by atoms with Crippen molar-refractivity contribution in [3.05, 3.63) is 53.1 Å². The summed E-state index contributed by atoms with van der Waals surface area (Å²) in [5.74, 6) is 1.03. The van der Waals surface area contributed by atoms with Crippen LogP contribution >= 0.6 is 11.6 Å². The number of anilines is 1. The lowest BCUT2D eigenvalue weighted by Crippen LogP contribution is -2.30. The largest absolute Gasteiger partial charge is 0.497 e. The smallest absolute Gasteiger partial charge is 0.265 e. The van der Waals surface area contributed by atoms with Crippen LogP contribution in [-0.2, 0) is 4.79 Å². The van der Waals surface area contributed by atoms with Crippen LogP contribution in [0.15, 0.2) is 42.5 Å². The maximum absolute atomic E-state index is 12.2. The van der Waals surface area contributed by atoms with Crippen LogP contribution < -0.4 is 14.8 Å². The molecule has 2 aromatic carbocycles. The zero-order valence-electron chi connectivity index (χ0n) is 12.7. The molecule has 0 unspecified atom stereocenters. The van der Waals surface area contributed by atoms with Gasteiger partial charge in [-0.2, -0.15) is 0 Å². The summed E-state index contributed by atoms with van der Waals surface area (Å²) in [5, 5.41) is 3.47. The van der Waals surface area contributed by atoms with Crippen LogP contribution in [0.25, 0.3) is 0 Å². The SMILES string of the molecule is COc1cccc(O[C@H](C)C(=O)Nc2ccc(Cl)cc2C)c1. The molecule has 0 saturated heterocycles. The maximum atomic E-state index is 12.2. The molecule has 0 saturated carbocycles. The number of amides is 1. The molecule has 4 nitrogen and oxygen atoms in total. The molecule has 0 aliphatic carbocycles. The molecule has 2 rings (SSSR count). The van der Waals surface area contributed by atoms with Gasteiger partial charge in [-0.3, -0.25) is 4.79 Å². The van der Waals surface area contributed by atoms with Gasteiger partial charge in [0, 0.05) is 16.8 Å². The molecule has 0 heterocycles. The van der Waals surface area contributed by atoms with E-state index in [1.165, 1.54) is 0 Å². The molecule has 0 aliphatic rings. The summed E-state index contributed by atoms with van der Waals surface area (Å²) in [4.78, 5) is 12.2. The minimum Gasteiger partial charge on any atom is -0.497 e. The summed E-state index contributed by atoms with van der Waals surface area (Å²) >= 11 is 5.90. The number of rotatable bonds is 5. The molecular weight excluding hydrogens is 302 g/mol. The first kappa shape index (κ1) is 16.2. The number of carbonyl (C=O) groups excluding carboxylic acids is 1. The van der Waals surface area contributed by atoms with Crippen LogP contribution in [0.3, 0.4) is 0 Å². The molecule has 0 aliphatic heterocycles. The summed E-state index contributed by atoms with van der Waals surface area (Å²) in [6, 6.07) is 12.4. The molecular formula is C17H18ClNO3. The standard InChI is InChI=1S/C17H18ClNO3/c1-11-9-13(18)7-8-16(11)19-17(20)12(2)22-15-6-4-5-14(10-15)21-3/h4-10,12H,1-3H3,(H,19,20)/t12-/m1/s1. The first-order valence-electron chi connectivity index (χ1n) is 6.87. The predicted molar refractivity (Wildman–Crippen MR) is 87.9 cm³/mol. The molecule has 1 amide bonds. The molecule has 22 heavy (non-hydrogen) atoms. The molecule has 1 atom stereocenters. The molecule has 5 heteroatoms. The van der Waals surface area contributed by atoms with Crippen molar-refractivity contribution in [3.8, 4) is 11.5 Å². The molecule has 0 bridgehead atoms. The van der Waals surface area contributed by atoms with Gasteiger partial charge in [-0.15, -0.1) is 0 Å². The van der Waals surface area contributed by atoms with Crippen molar-refractivity contribution in [3.63, 3.8) is 0 Å². The maximum Gasteiger partial charge on any atom is 0.265 e. The van der Waals surface area contributed by atoms with Crippen molar-refractivity contribution >= 4 is 23.2 Å². The number of methoxy groups -OCH3 is 1. The predicted octanol–water partition coefficient (Wildman–Crippen LogP) is 4.06. The van der Waals surface area contributed by atoms with Gasteiger partial charge in [0.1, 0.15) is 11.5 Å². The quantitative estimate of drug-likeness (QED) is 0.904. The van der Waals surface area contributed by atoms with Crippen LogP contribution in [0.2, 0.25) is 5.02 Å². The lowest BCUT2D eigenvalue weighted by atomic mass is 10.2. The number of benzene rings is 2. The van der Waals surface area contributed by atoms with Gasteiger partial charge in [0.15, 0.2) is 6.10 Å². The van der Waals surface area contributed by atoms with E-state index in [9.17, 15) is 4.79 Å². The Kier molecular flexibility index (Phi) is 5.28. The number of hydrogen-bond acceptors (Lipinski definition) is 3. The highest BCUT2D eigenvalue weighted by Crippen LogP contribution is 2.22. The van der Waals surface area contributed by atoms with Gasteiger partial charge in [0.05, 0.1) is 7.11 Å². The minimum atomic E-state index is -0.637. The molecule has 0 fully saturated rings. The van der Waals surface area contributed by atoms with Crippen molar-refractivity contribution in [2.45, 2.75) is 20.0 Å². The Balaban J connectivity index is 2.02. The first-order chi connectivity index (χ1) is 10.5. The van der Waals surface area contributed by atoms with Crippen LogP contribution in [0.5, 0.6) is 11.5 Å². The minimum absolute atomic E-state index is 0.228. The van der Waals surface area contributed by atoms with E-state index >= 15 is 0 Å². The number of aryl methyl sites for hydroxylation is 1. The lowest BCUT2D eigenvalue weighted by Gasteiger charge is -2.16. The van der Waals surface area contributed by atoms with Gasteiger partial charge in [0.2, 0.25) is 0 Å². The van der Waals surface area contributed by atoms with Crippen molar-refractivity contribution in [2.75, 3.05) is 12.4 Å². The van der Waals surface area contributed by atoms with Crippen molar-refractivity contribution < 1.29 is 14.3 Å². The fraction of sp³-hybridized carbons (Fsp3) is 0.235. The Bertz CT molecular complexity index is 673. The Morgan fingerprint density at radius 3 is 2.59 bits per heavy atom. The Morgan fingerprint density at radius 1 is 1.18 bits per heavy atom. The van der Waals surface area contributed by atoms with E-state index in [-0.39, 0.29) is 5.91 Å². The fourth-order valence-electron chi connectivity index (χ4n) is 1.93. The van der Waals surface area contributed by atoms with E-state index in [4.69, 9.17) is 21.1 Å². The molecule has 0 aromatic heterocycles. The van der Waals surface area contributed by atoms with Crippen LogP contribution in [0.4, 0.5) is 5.69 Å². The average Bonchev–Trinajstić information content (AvgIpc) is 2.50. The normalized spacial score (nSPS) is 11.6. The van der Waals surface area contributed by atoms with E-state index in [0.717, 1.165) is 11.3 Å². The van der Waals surface area contributed by atoms with E-state index in [2.05, 4.69) is 5.32 Å². The van der Waals surface area contributed by atoms with Gasteiger partial charge in [0.25, 0.3) is 5.91 Å². The second kappa shape index (κ2) is 7.18. The van der Waals surface area contributed by atoms with Gasteiger partial charge in [-0.25, -0.2) is 0 Å². The third-order valence-electron chi connectivity index (χ3n) is 3.17. The molecule has 1 N–H and O–H groups in total. The van der Waals surface area contributed by atoms with Gasteiger partial charge >= 0.3 is 0 Å². The van der Waals surface area contributed by atoms with Crippen molar-refractivity contribution in [1.82, 2.24) is 0 Å². The number of halogens is 1. The summed E-state index contributed by atoms with van der Waals surface area (Å²) in [5.41, 5.74) is 1.62. The van der Waals surface area contributed by atoms with E-state index in [1.807, 2.05) is 19.1 Å². The van der Waals surface area contributed by atoms with Crippen molar-refractivity contribution in [2.24, 2.45) is 0 Å². The second-order valence-electron chi connectivity index (χ2n) is 4.89. The second-order valence-corrected chi connectivity index (χ2v) is 5.32. The van der Waals surface area contributed by atoms with E-state index in [1.54, 1.807) is 44.4 Å². The van der Waals surface area contributed by atoms with Crippen molar-refractivity contribution in [1.29, 1.82) is 0 Å². The monoisotopic (exact) mass is 319 g/mol. The highest BCUT2D eigenvalue weighted by Gasteiger charge is 2.16. The van der Waals surface area contributed by atoms with Crippen LogP contribution in [0, 0.1) is 6.92 Å². The fourth-order valence-corrected chi connectivity index (χ4v) is 2.16. The summed E-state index contributed by atoms with van der Waals surface area (Å²) in [7, 11) is 1.58. The highest BCUT2D eigenvalue weighted by molar-refractivity contribution is 6.30. The Morgan fingerprint density at radius 2 is 1.91 bits per heavy atom. The zero-order chi connectivity index (χ0) is 16.1. The van der Waals surface area contributed by atoms with E-state index < -0.39 is 6.10 Å². The topological polar surface area (TPSA) is 47.6 Å². The lowest BCUT2D eigenvalue weighted by molar-refractivity contribution is -0.122. The van der Waals surface area contributed by atoms with Crippen LogP contribution in [0.1, 0.15) is 12.5 Å². The summed E-state index contributed by atoms with van der Waals surface area (Å²) in [6.07, 6.45) is -0.637. The Hall–Kier alpha value is -2.20. The van der Waals surface area contributed by atoms with Crippen LogP contribution in [-0.4, -0.2) is 19.1 Å². The average molecular weight is 320 g/mol. The highest BCUT2D eigenvalue weighted by atomic mass is 35.5. The molecule has 0 spiro atoms. The number of hydrogen-bond donors (Lipinski definition) is 1. The summed E-state index contributed by atoms with van der Waals surface area (Å²) in [6.45, 7) is 3.58. The van der Waals surface area contributed by atoms with Gasteiger partial charge < -0.3 is 14.8 Å². The molecule has 2 aromatic rings. The first-order valence-corrected chi connectivity index (χ1v) is 7.25. The molecule has 116 valence electrons. The van der Waals surface area contributed by atoms with Gasteiger partial charge in [-0.1, -0.05) is 17.7 Å². The number of ether oxygens (including phenoxy) is 2. The zero-order valence-corrected chi connectivity index (χ0v) is 13.5. The third-order valence-corrected chi connectivity index (χ3v) is 3.40. The Labute approximate surface area is 135 Å². The van der Waals surface area contributed by atoms with Gasteiger partial charge in [-0.05, 0) is 49.7 Å². The summed E-state index contributed by atoms with van der Waals surface area (Å²) < 4.78 is 10.8.